The number of amides is 2. The number of aliphatic hydroxyl groups is 1. The highest BCUT2D eigenvalue weighted by Gasteiger charge is 2.10. The van der Waals surface area contributed by atoms with Crippen LogP contribution < -0.4 is 10.6 Å². The normalized spacial score (nSPS) is 12.2. The van der Waals surface area contributed by atoms with Crippen LogP contribution in [-0.4, -0.2) is 32.3 Å². The molecule has 0 aliphatic rings. The summed E-state index contributed by atoms with van der Waals surface area (Å²) in [5, 5.41) is 27.0. The minimum atomic E-state index is -0.703. The Kier molecular flexibility index (Phi) is 4.31. The van der Waals surface area contributed by atoms with Crippen molar-refractivity contribution >= 4 is 23.0 Å². The summed E-state index contributed by atoms with van der Waals surface area (Å²) in [5.74, 6) is 0.643. The number of fused-ring (bicyclic) bond motifs is 1. The second-order valence-corrected chi connectivity index (χ2v) is 5.46. The molecule has 2 amide bonds. The summed E-state index contributed by atoms with van der Waals surface area (Å²) >= 11 is 1.51. The number of hydrogen-bond acceptors (Lipinski definition) is 5. The average Bonchev–Trinajstić information content (AvgIpc) is 3.20. The fraction of sp³-hybridized carbons (Fsp3) is 0.214. The first-order valence-corrected chi connectivity index (χ1v) is 7.69. The smallest absolute Gasteiger partial charge is 0.315 e. The predicted molar refractivity (Wildman–Crippen MR) is 82.5 cm³/mol. The van der Waals surface area contributed by atoms with Crippen molar-refractivity contribution in [2.75, 3.05) is 6.54 Å². The molecule has 0 saturated heterocycles. The Bertz CT molecular complexity index is 756. The van der Waals surface area contributed by atoms with E-state index in [4.69, 9.17) is 0 Å². The zero-order valence-electron chi connectivity index (χ0n) is 11.6. The Morgan fingerprint density at radius 2 is 2.23 bits per heavy atom. The Morgan fingerprint density at radius 1 is 1.32 bits per heavy atom. The van der Waals surface area contributed by atoms with Gasteiger partial charge in [-0.2, -0.15) is 11.3 Å². The molecule has 7 nitrogen and oxygen atoms in total. The Labute approximate surface area is 130 Å². The van der Waals surface area contributed by atoms with Gasteiger partial charge in [0, 0.05) is 12.7 Å². The van der Waals surface area contributed by atoms with Crippen LogP contribution in [0.3, 0.4) is 0 Å². The van der Waals surface area contributed by atoms with Gasteiger partial charge in [-0.1, -0.05) is 6.07 Å². The molecule has 3 rings (SSSR count). The summed E-state index contributed by atoms with van der Waals surface area (Å²) in [4.78, 5) is 11.8. The lowest BCUT2D eigenvalue weighted by Crippen LogP contribution is -2.37. The molecule has 1 atom stereocenters. The summed E-state index contributed by atoms with van der Waals surface area (Å²) in [7, 11) is 0. The molecule has 0 bridgehead atoms. The van der Waals surface area contributed by atoms with E-state index in [1.165, 1.54) is 11.3 Å². The van der Waals surface area contributed by atoms with Crippen LogP contribution in [0.4, 0.5) is 4.79 Å². The van der Waals surface area contributed by atoms with E-state index in [0.29, 0.717) is 5.82 Å². The van der Waals surface area contributed by atoms with Gasteiger partial charge in [-0.15, -0.1) is 10.2 Å². The number of aliphatic hydroxyl groups excluding tert-OH is 1. The second kappa shape index (κ2) is 6.54. The summed E-state index contributed by atoms with van der Waals surface area (Å²) in [6.45, 7) is 0.411. The van der Waals surface area contributed by atoms with E-state index < -0.39 is 6.10 Å². The Hall–Kier alpha value is -2.45. The third kappa shape index (κ3) is 3.23. The van der Waals surface area contributed by atoms with Gasteiger partial charge < -0.3 is 15.7 Å². The van der Waals surface area contributed by atoms with Crippen LogP contribution in [-0.2, 0) is 6.54 Å². The van der Waals surface area contributed by atoms with E-state index in [9.17, 15) is 9.90 Å². The zero-order valence-corrected chi connectivity index (χ0v) is 12.5. The Morgan fingerprint density at radius 3 is 3.05 bits per heavy atom. The lowest BCUT2D eigenvalue weighted by atomic mass is 10.2. The molecule has 3 aromatic heterocycles. The van der Waals surface area contributed by atoms with Gasteiger partial charge in [0.15, 0.2) is 11.5 Å². The third-order valence-corrected chi connectivity index (χ3v) is 3.88. The minimum absolute atomic E-state index is 0.156. The first-order valence-electron chi connectivity index (χ1n) is 6.74. The van der Waals surface area contributed by atoms with Crippen molar-refractivity contribution in [1.29, 1.82) is 0 Å². The standard InChI is InChI=1S/C14H15N5O2S/c20-11(10-4-6-22-9-10)7-15-14(21)16-8-13-18-17-12-3-1-2-5-19(12)13/h1-6,9,11,20H,7-8H2,(H2,15,16,21). The molecule has 3 heterocycles. The van der Waals surface area contributed by atoms with Gasteiger partial charge in [0.1, 0.15) is 0 Å². The highest BCUT2D eigenvalue weighted by atomic mass is 32.1. The first kappa shape index (κ1) is 14.5. The number of thiophene rings is 1. The van der Waals surface area contributed by atoms with Gasteiger partial charge >= 0.3 is 6.03 Å². The van der Waals surface area contributed by atoms with E-state index in [1.54, 1.807) is 4.40 Å². The number of nitrogens with one attached hydrogen (secondary N) is 2. The van der Waals surface area contributed by atoms with Crippen LogP contribution in [0.15, 0.2) is 41.2 Å². The van der Waals surface area contributed by atoms with E-state index in [2.05, 4.69) is 20.8 Å². The number of pyridine rings is 1. The quantitative estimate of drug-likeness (QED) is 0.662. The molecule has 22 heavy (non-hydrogen) atoms. The first-order chi connectivity index (χ1) is 10.7. The van der Waals surface area contributed by atoms with E-state index in [0.717, 1.165) is 11.2 Å². The lowest BCUT2D eigenvalue weighted by Gasteiger charge is -2.11. The summed E-state index contributed by atoms with van der Waals surface area (Å²) in [6.07, 6.45) is 1.14. The maximum atomic E-state index is 11.8. The van der Waals surface area contributed by atoms with Gasteiger partial charge in [0.2, 0.25) is 0 Å². The van der Waals surface area contributed by atoms with Crippen LogP contribution in [0.25, 0.3) is 5.65 Å². The molecule has 1 unspecified atom stereocenters. The zero-order chi connectivity index (χ0) is 15.4. The lowest BCUT2D eigenvalue weighted by molar-refractivity contribution is 0.173. The molecule has 3 aromatic rings. The van der Waals surface area contributed by atoms with Gasteiger partial charge in [0.25, 0.3) is 0 Å². The van der Waals surface area contributed by atoms with Crippen LogP contribution in [0, 0.1) is 0 Å². The summed E-state index contributed by atoms with van der Waals surface area (Å²) in [5.41, 5.74) is 1.53. The molecular formula is C14H15N5O2S. The average molecular weight is 317 g/mol. The van der Waals surface area contributed by atoms with Crippen LogP contribution in [0.1, 0.15) is 17.5 Å². The number of hydrogen-bond donors (Lipinski definition) is 3. The maximum absolute atomic E-state index is 11.8. The molecular weight excluding hydrogens is 302 g/mol. The molecule has 0 fully saturated rings. The van der Waals surface area contributed by atoms with Crippen molar-refractivity contribution in [3.05, 3.63) is 52.6 Å². The highest BCUT2D eigenvalue weighted by molar-refractivity contribution is 7.07. The number of urea groups is 1. The largest absolute Gasteiger partial charge is 0.387 e. The van der Waals surface area contributed by atoms with Crippen molar-refractivity contribution < 1.29 is 9.90 Å². The molecule has 3 N–H and O–H groups in total. The van der Waals surface area contributed by atoms with Crippen molar-refractivity contribution in [2.45, 2.75) is 12.6 Å². The molecule has 0 saturated carbocycles. The van der Waals surface area contributed by atoms with Crippen LogP contribution in [0.2, 0.25) is 0 Å². The molecule has 0 aliphatic heterocycles. The van der Waals surface area contributed by atoms with Crippen molar-refractivity contribution in [1.82, 2.24) is 25.2 Å². The van der Waals surface area contributed by atoms with Gasteiger partial charge in [-0.3, -0.25) is 4.40 Å². The van der Waals surface area contributed by atoms with Crippen LogP contribution >= 0.6 is 11.3 Å². The van der Waals surface area contributed by atoms with Gasteiger partial charge in [-0.25, -0.2) is 4.79 Å². The summed E-state index contributed by atoms with van der Waals surface area (Å²) in [6, 6.07) is 7.06. The topological polar surface area (TPSA) is 91.6 Å². The van der Waals surface area contributed by atoms with E-state index >= 15 is 0 Å². The van der Waals surface area contributed by atoms with Crippen LogP contribution in [0.5, 0.6) is 0 Å². The van der Waals surface area contributed by atoms with Crippen molar-refractivity contribution in [3.63, 3.8) is 0 Å². The maximum Gasteiger partial charge on any atom is 0.315 e. The third-order valence-electron chi connectivity index (χ3n) is 3.18. The fourth-order valence-electron chi connectivity index (χ4n) is 2.01. The number of aromatic nitrogens is 3. The van der Waals surface area contributed by atoms with Gasteiger partial charge in [-0.05, 0) is 34.5 Å². The van der Waals surface area contributed by atoms with Crippen molar-refractivity contribution in [3.8, 4) is 0 Å². The number of rotatable bonds is 5. The molecule has 0 aliphatic carbocycles. The SMILES string of the molecule is O=C(NCc1nnc2ccccn12)NCC(O)c1ccsc1. The molecule has 0 aromatic carbocycles. The van der Waals surface area contributed by atoms with E-state index in [1.807, 2.05) is 41.2 Å². The number of carbonyl (C=O) groups excluding carboxylic acids is 1. The summed E-state index contributed by atoms with van der Waals surface area (Å²) < 4.78 is 1.81. The minimum Gasteiger partial charge on any atom is -0.387 e. The van der Waals surface area contributed by atoms with E-state index in [-0.39, 0.29) is 19.1 Å². The molecule has 8 heteroatoms. The molecule has 114 valence electrons. The van der Waals surface area contributed by atoms with Gasteiger partial charge in [0.05, 0.1) is 12.6 Å². The number of nitrogens with zero attached hydrogens (tertiary/aromatic N) is 3. The molecule has 0 spiro atoms. The van der Waals surface area contributed by atoms with Crippen molar-refractivity contribution in [2.24, 2.45) is 0 Å². The highest BCUT2D eigenvalue weighted by Crippen LogP contribution is 2.14. The fourth-order valence-corrected chi connectivity index (χ4v) is 2.71. The monoisotopic (exact) mass is 317 g/mol. The Balaban J connectivity index is 1.50. The molecule has 0 radical (unpaired) electrons. The predicted octanol–water partition coefficient (Wildman–Crippen LogP) is 1.32. The number of carbonyl (C=O) groups is 1. The second-order valence-electron chi connectivity index (χ2n) is 4.68.